The van der Waals surface area contributed by atoms with E-state index in [1.54, 1.807) is 29.2 Å². The van der Waals surface area contributed by atoms with Crippen LogP contribution in [0.2, 0.25) is 5.02 Å². The molecule has 6 heteroatoms. The van der Waals surface area contributed by atoms with Crippen LogP contribution in [-0.4, -0.2) is 35.8 Å². The molecular weight excluding hydrogens is 282 g/mol. The zero-order chi connectivity index (χ0) is 12.7. The van der Waals surface area contributed by atoms with Crippen molar-refractivity contribution in [1.82, 2.24) is 4.90 Å². The molecule has 2 amide bonds. The number of benzene rings is 1. The van der Waals surface area contributed by atoms with Crippen molar-refractivity contribution in [1.29, 1.82) is 0 Å². The van der Waals surface area contributed by atoms with E-state index in [0.717, 1.165) is 0 Å². The van der Waals surface area contributed by atoms with Crippen LogP contribution in [0.1, 0.15) is 0 Å². The lowest BCUT2D eigenvalue weighted by atomic mass is 10.3. The average Bonchev–Trinajstić information content (AvgIpc) is 2.32. The van der Waals surface area contributed by atoms with Crippen molar-refractivity contribution < 1.29 is 4.79 Å². The van der Waals surface area contributed by atoms with Gasteiger partial charge in [0, 0.05) is 35.6 Å². The number of carbonyl (C=O) groups excluding carboxylic acids is 1. The highest BCUT2D eigenvalue weighted by molar-refractivity contribution is 6.30. The molecule has 17 heavy (non-hydrogen) atoms. The Labute approximate surface area is 116 Å². The summed E-state index contributed by atoms with van der Waals surface area (Å²) in [7, 11) is 0. The molecule has 94 valence electrons. The van der Waals surface area contributed by atoms with Crippen LogP contribution in [0.15, 0.2) is 24.3 Å². The lowest BCUT2D eigenvalue weighted by molar-refractivity contribution is 0.218. The summed E-state index contributed by atoms with van der Waals surface area (Å²) in [5.41, 5.74) is 0.688. The molecule has 0 saturated carbocycles. The van der Waals surface area contributed by atoms with Gasteiger partial charge < -0.3 is 10.2 Å². The highest BCUT2D eigenvalue weighted by Gasteiger charge is 2.11. The summed E-state index contributed by atoms with van der Waals surface area (Å²) in [4.78, 5) is 13.4. The maximum Gasteiger partial charge on any atom is 0.321 e. The van der Waals surface area contributed by atoms with E-state index in [1.807, 2.05) is 0 Å². The molecule has 0 aromatic heterocycles. The minimum Gasteiger partial charge on any atom is -0.322 e. The number of hydrogen-bond acceptors (Lipinski definition) is 1. The minimum absolute atomic E-state index is 0.214. The molecule has 1 N–H and O–H groups in total. The van der Waals surface area contributed by atoms with E-state index in [0.29, 0.717) is 35.6 Å². The molecule has 0 saturated heterocycles. The van der Waals surface area contributed by atoms with E-state index >= 15 is 0 Å². The number of anilines is 1. The lowest BCUT2D eigenvalue weighted by Crippen LogP contribution is -2.37. The minimum atomic E-state index is -0.214. The van der Waals surface area contributed by atoms with E-state index in [4.69, 9.17) is 34.8 Å². The van der Waals surface area contributed by atoms with Crippen molar-refractivity contribution in [2.45, 2.75) is 0 Å². The Morgan fingerprint density at radius 2 is 1.65 bits per heavy atom. The van der Waals surface area contributed by atoms with Crippen molar-refractivity contribution >= 4 is 46.5 Å². The molecule has 0 heterocycles. The van der Waals surface area contributed by atoms with Gasteiger partial charge in [-0.1, -0.05) is 11.6 Å². The first-order chi connectivity index (χ1) is 8.17. The van der Waals surface area contributed by atoms with Gasteiger partial charge in [0.15, 0.2) is 0 Å². The second-order valence-corrected chi connectivity index (χ2v) is 4.49. The smallest absolute Gasteiger partial charge is 0.321 e. The Morgan fingerprint density at radius 3 is 2.12 bits per heavy atom. The zero-order valence-corrected chi connectivity index (χ0v) is 11.4. The molecular formula is C11H13Cl3N2O. The number of halogens is 3. The number of hydrogen-bond donors (Lipinski definition) is 1. The molecule has 0 aliphatic heterocycles. The van der Waals surface area contributed by atoms with Gasteiger partial charge in [0.1, 0.15) is 0 Å². The maximum atomic E-state index is 11.8. The predicted molar refractivity (Wildman–Crippen MR) is 73.5 cm³/mol. The first-order valence-corrected chi connectivity index (χ1v) is 6.55. The monoisotopic (exact) mass is 294 g/mol. The fourth-order valence-electron chi connectivity index (χ4n) is 1.25. The van der Waals surface area contributed by atoms with E-state index < -0.39 is 0 Å². The summed E-state index contributed by atoms with van der Waals surface area (Å²) in [6.07, 6.45) is 0. The summed E-state index contributed by atoms with van der Waals surface area (Å²) in [6, 6.07) is 6.68. The van der Waals surface area contributed by atoms with Crippen LogP contribution >= 0.6 is 34.8 Å². The number of nitrogens with one attached hydrogen (secondary N) is 1. The van der Waals surface area contributed by atoms with Gasteiger partial charge in [-0.3, -0.25) is 0 Å². The molecule has 0 atom stereocenters. The van der Waals surface area contributed by atoms with Gasteiger partial charge in [-0.2, -0.15) is 0 Å². The second-order valence-electron chi connectivity index (χ2n) is 3.30. The SMILES string of the molecule is O=C(Nc1ccc(Cl)cc1)N(CCCl)CCCl. The van der Waals surface area contributed by atoms with Gasteiger partial charge in [-0.25, -0.2) is 4.79 Å². The Bertz CT molecular complexity index is 350. The number of nitrogens with zero attached hydrogens (tertiary/aromatic N) is 1. The number of urea groups is 1. The van der Waals surface area contributed by atoms with Gasteiger partial charge in [-0.15, -0.1) is 23.2 Å². The third kappa shape index (κ3) is 5.02. The number of alkyl halides is 2. The van der Waals surface area contributed by atoms with E-state index in [2.05, 4.69) is 5.32 Å². The second kappa shape index (κ2) is 7.64. The average molecular weight is 296 g/mol. The molecule has 0 bridgehead atoms. The standard InChI is InChI=1S/C11H13Cl3N2O/c12-5-7-16(8-6-13)11(17)15-10-3-1-9(14)2-4-10/h1-4H,5-8H2,(H,15,17). The number of rotatable bonds is 5. The van der Waals surface area contributed by atoms with Crippen LogP contribution < -0.4 is 5.32 Å². The Balaban J connectivity index is 2.59. The molecule has 0 unspecified atom stereocenters. The topological polar surface area (TPSA) is 32.3 Å². The van der Waals surface area contributed by atoms with Crippen LogP contribution in [0, 0.1) is 0 Å². The van der Waals surface area contributed by atoms with Gasteiger partial charge in [0.25, 0.3) is 0 Å². The van der Waals surface area contributed by atoms with Crippen molar-refractivity contribution in [3.63, 3.8) is 0 Å². The molecule has 0 spiro atoms. The molecule has 0 aliphatic carbocycles. The largest absolute Gasteiger partial charge is 0.322 e. The van der Waals surface area contributed by atoms with Gasteiger partial charge in [0.2, 0.25) is 0 Å². The normalized spacial score (nSPS) is 10.1. The van der Waals surface area contributed by atoms with E-state index in [9.17, 15) is 4.79 Å². The Morgan fingerprint density at radius 1 is 1.12 bits per heavy atom. The van der Waals surface area contributed by atoms with Gasteiger partial charge in [0.05, 0.1) is 0 Å². The molecule has 0 fully saturated rings. The highest BCUT2D eigenvalue weighted by atomic mass is 35.5. The first kappa shape index (κ1) is 14.4. The Kier molecular flexibility index (Phi) is 6.48. The fourth-order valence-corrected chi connectivity index (χ4v) is 1.79. The summed E-state index contributed by atoms with van der Waals surface area (Å²) >= 11 is 17.0. The lowest BCUT2D eigenvalue weighted by Gasteiger charge is -2.20. The third-order valence-corrected chi connectivity index (χ3v) is 2.68. The van der Waals surface area contributed by atoms with Crippen molar-refractivity contribution in [3.8, 4) is 0 Å². The highest BCUT2D eigenvalue weighted by Crippen LogP contribution is 2.13. The number of amides is 2. The molecule has 0 aliphatic rings. The molecule has 1 rings (SSSR count). The zero-order valence-electron chi connectivity index (χ0n) is 9.13. The quantitative estimate of drug-likeness (QED) is 0.826. The fraction of sp³-hybridized carbons (Fsp3) is 0.364. The van der Waals surface area contributed by atoms with Crippen LogP contribution in [-0.2, 0) is 0 Å². The summed E-state index contributed by atoms with van der Waals surface area (Å²) < 4.78 is 0. The van der Waals surface area contributed by atoms with Crippen molar-refractivity contribution in [2.24, 2.45) is 0 Å². The summed E-state index contributed by atoms with van der Waals surface area (Å²) in [5.74, 6) is 0.760. The van der Waals surface area contributed by atoms with Crippen LogP contribution in [0.4, 0.5) is 10.5 Å². The molecule has 3 nitrogen and oxygen atoms in total. The summed E-state index contributed by atoms with van der Waals surface area (Å²) in [5, 5.41) is 3.38. The van der Waals surface area contributed by atoms with Crippen molar-refractivity contribution in [2.75, 3.05) is 30.2 Å². The van der Waals surface area contributed by atoms with Crippen LogP contribution in [0.3, 0.4) is 0 Å². The third-order valence-electron chi connectivity index (χ3n) is 2.09. The predicted octanol–water partition coefficient (Wildman–Crippen LogP) is 3.65. The van der Waals surface area contributed by atoms with Gasteiger partial charge >= 0.3 is 6.03 Å². The molecule has 1 aromatic rings. The maximum absolute atomic E-state index is 11.8. The molecule has 0 radical (unpaired) electrons. The van der Waals surface area contributed by atoms with E-state index in [1.165, 1.54) is 0 Å². The Hall–Kier alpha value is -0.640. The van der Waals surface area contributed by atoms with Crippen molar-refractivity contribution in [3.05, 3.63) is 29.3 Å². The van der Waals surface area contributed by atoms with E-state index in [-0.39, 0.29) is 6.03 Å². The van der Waals surface area contributed by atoms with Gasteiger partial charge in [-0.05, 0) is 24.3 Å². The molecule has 1 aromatic carbocycles. The van der Waals surface area contributed by atoms with Crippen LogP contribution in [0.5, 0.6) is 0 Å². The number of carbonyl (C=O) groups is 1. The first-order valence-electron chi connectivity index (χ1n) is 5.11. The van der Waals surface area contributed by atoms with Crippen LogP contribution in [0.25, 0.3) is 0 Å². The summed E-state index contributed by atoms with van der Waals surface area (Å²) in [6.45, 7) is 0.932.